The summed E-state index contributed by atoms with van der Waals surface area (Å²) in [5, 5.41) is 20.7. The third-order valence-electron chi connectivity index (χ3n) is 3.80. The molecule has 0 saturated heterocycles. The van der Waals surface area contributed by atoms with Gasteiger partial charge in [-0.1, -0.05) is 18.2 Å². The lowest BCUT2D eigenvalue weighted by molar-refractivity contribution is 0.202. The molecule has 0 aromatic heterocycles. The number of carbonyl (C=O) groups is 1. The first kappa shape index (κ1) is 19.0. The maximum absolute atomic E-state index is 12.7. The van der Waals surface area contributed by atoms with Crippen molar-refractivity contribution >= 4 is 11.7 Å². The van der Waals surface area contributed by atoms with Crippen molar-refractivity contribution in [2.45, 2.75) is 6.54 Å². The first-order valence-electron chi connectivity index (χ1n) is 8.21. The van der Waals surface area contributed by atoms with Crippen LogP contribution in [-0.4, -0.2) is 43.0 Å². The summed E-state index contributed by atoms with van der Waals surface area (Å²) in [6.45, 7) is 1.71. The minimum absolute atomic E-state index is 0.230. The Labute approximate surface area is 153 Å². The van der Waals surface area contributed by atoms with Gasteiger partial charge in [-0.2, -0.15) is 10.5 Å². The van der Waals surface area contributed by atoms with Gasteiger partial charge < -0.3 is 15.1 Å². The van der Waals surface area contributed by atoms with Crippen molar-refractivity contribution < 1.29 is 4.79 Å². The van der Waals surface area contributed by atoms with Crippen LogP contribution in [-0.2, 0) is 6.54 Å². The van der Waals surface area contributed by atoms with E-state index in [0.717, 1.165) is 12.1 Å². The fourth-order valence-corrected chi connectivity index (χ4v) is 2.35. The fraction of sp³-hybridized carbons (Fsp3) is 0.250. The van der Waals surface area contributed by atoms with E-state index in [2.05, 4.69) is 17.5 Å². The molecule has 6 heteroatoms. The Hall–Kier alpha value is -3.35. The smallest absolute Gasteiger partial charge is 0.319 e. The number of hydrogen-bond donors (Lipinski definition) is 1. The van der Waals surface area contributed by atoms with E-state index in [4.69, 9.17) is 10.5 Å². The minimum Gasteiger partial charge on any atom is -0.319 e. The molecule has 2 rings (SSSR count). The van der Waals surface area contributed by atoms with Crippen molar-refractivity contribution in [1.29, 1.82) is 10.5 Å². The van der Waals surface area contributed by atoms with Crippen LogP contribution in [0.4, 0.5) is 10.5 Å². The van der Waals surface area contributed by atoms with Crippen LogP contribution in [0.2, 0.25) is 0 Å². The van der Waals surface area contributed by atoms with Crippen molar-refractivity contribution in [3.05, 3.63) is 65.2 Å². The lowest BCUT2D eigenvalue weighted by Gasteiger charge is -2.25. The van der Waals surface area contributed by atoms with Gasteiger partial charge in [0, 0.05) is 25.3 Å². The van der Waals surface area contributed by atoms with Gasteiger partial charge in [0.15, 0.2) is 0 Å². The highest BCUT2D eigenvalue weighted by atomic mass is 16.2. The molecule has 132 valence electrons. The van der Waals surface area contributed by atoms with Gasteiger partial charge in [-0.05, 0) is 50.0 Å². The van der Waals surface area contributed by atoms with Crippen LogP contribution in [0.15, 0.2) is 48.5 Å². The molecular weight excluding hydrogens is 326 g/mol. The number of benzene rings is 2. The Balaban J connectivity index is 2.12. The number of urea groups is 1. The molecule has 2 amide bonds. The molecule has 0 aliphatic rings. The Bertz CT molecular complexity index is 831. The maximum atomic E-state index is 12.7. The predicted molar refractivity (Wildman–Crippen MR) is 100 cm³/mol. The van der Waals surface area contributed by atoms with Crippen molar-refractivity contribution in [3.63, 3.8) is 0 Å². The van der Waals surface area contributed by atoms with E-state index >= 15 is 0 Å². The zero-order chi connectivity index (χ0) is 18.9. The first-order valence-corrected chi connectivity index (χ1v) is 8.21. The van der Waals surface area contributed by atoms with Gasteiger partial charge in [-0.15, -0.1) is 0 Å². The van der Waals surface area contributed by atoms with Crippen LogP contribution in [0, 0.1) is 22.7 Å². The molecule has 0 fully saturated rings. The molecular formula is C20H21N5O. The number of carbonyl (C=O) groups excluding carboxylic acids is 1. The molecule has 0 aliphatic carbocycles. The number of amides is 2. The Morgan fingerprint density at radius 2 is 1.69 bits per heavy atom. The highest BCUT2D eigenvalue weighted by Crippen LogP contribution is 2.13. The largest absolute Gasteiger partial charge is 0.322 e. The topological polar surface area (TPSA) is 83.2 Å². The quantitative estimate of drug-likeness (QED) is 0.870. The maximum Gasteiger partial charge on any atom is 0.322 e. The van der Waals surface area contributed by atoms with Crippen LogP contribution in [0.3, 0.4) is 0 Å². The van der Waals surface area contributed by atoms with Crippen molar-refractivity contribution in [1.82, 2.24) is 9.80 Å². The lowest BCUT2D eigenvalue weighted by Crippen LogP contribution is -2.39. The number of nitriles is 2. The van der Waals surface area contributed by atoms with Gasteiger partial charge in [0.1, 0.15) is 0 Å². The average molecular weight is 347 g/mol. The summed E-state index contributed by atoms with van der Waals surface area (Å²) in [4.78, 5) is 16.4. The molecule has 2 aromatic carbocycles. The molecule has 0 radical (unpaired) electrons. The molecule has 0 unspecified atom stereocenters. The number of anilines is 1. The van der Waals surface area contributed by atoms with E-state index in [1.54, 1.807) is 41.3 Å². The SMILES string of the molecule is CN(C)CCN(Cc1ccc(C#N)cc1)C(=O)Nc1cccc(C#N)c1. The molecule has 0 aliphatic heterocycles. The predicted octanol–water partition coefficient (Wildman–Crippen LogP) is 3.03. The van der Waals surface area contributed by atoms with Gasteiger partial charge in [-0.3, -0.25) is 0 Å². The highest BCUT2D eigenvalue weighted by Gasteiger charge is 2.15. The van der Waals surface area contributed by atoms with Crippen molar-refractivity contribution in [3.8, 4) is 12.1 Å². The summed E-state index contributed by atoms with van der Waals surface area (Å²) in [6, 6.07) is 17.9. The molecule has 26 heavy (non-hydrogen) atoms. The van der Waals surface area contributed by atoms with Crippen LogP contribution in [0.5, 0.6) is 0 Å². The summed E-state index contributed by atoms with van der Waals surface area (Å²) in [5.74, 6) is 0. The molecule has 2 aromatic rings. The second-order valence-electron chi connectivity index (χ2n) is 6.16. The van der Waals surface area contributed by atoms with Gasteiger partial charge in [-0.25, -0.2) is 4.79 Å². The normalized spacial score (nSPS) is 10.0. The van der Waals surface area contributed by atoms with Gasteiger partial charge in [0.25, 0.3) is 0 Å². The number of rotatable bonds is 6. The highest BCUT2D eigenvalue weighted by molar-refractivity contribution is 5.89. The third kappa shape index (κ3) is 5.62. The second kappa shape index (κ2) is 9.22. The summed E-state index contributed by atoms with van der Waals surface area (Å²) < 4.78 is 0. The summed E-state index contributed by atoms with van der Waals surface area (Å²) in [7, 11) is 3.91. The van der Waals surface area contributed by atoms with Gasteiger partial charge in [0.2, 0.25) is 0 Å². The average Bonchev–Trinajstić information content (AvgIpc) is 2.65. The number of nitrogens with one attached hydrogen (secondary N) is 1. The minimum atomic E-state index is -0.230. The molecule has 1 N–H and O–H groups in total. The second-order valence-corrected chi connectivity index (χ2v) is 6.16. The van der Waals surface area contributed by atoms with E-state index in [-0.39, 0.29) is 6.03 Å². The van der Waals surface area contributed by atoms with E-state index in [9.17, 15) is 4.79 Å². The number of likely N-dealkylation sites (N-methyl/N-ethyl adjacent to an activating group) is 1. The molecule has 0 saturated carbocycles. The van der Waals surface area contributed by atoms with Crippen LogP contribution in [0.25, 0.3) is 0 Å². The summed E-state index contributed by atoms with van der Waals surface area (Å²) in [5.41, 5.74) is 2.62. The van der Waals surface area contributed by atoms with Gasteiger partial charge >= 0.3 is 6.03 Å². The molecule has 0 atom stereocenters. The van der Waals surface area contributed by atoms with Crippen LogP contribution >= 0.6 is 0 Å². The monoisotopic (exact) mass is 347 g/mol. The van der Waals surface area contributed by atoms with Crippen LogP contribution in [0.1, 0.15) is 16.7 Å². The van der Waals surface area contributed by atoms with Crippen LogP contribution < -0.4 is 5.32 Å². The Morgan fingerprint density at radius 3 is 2.31 bits per heavy atom. The Kier molecular flexibility index (Phi) is 6.73. The zero-order valence-corrected chi connectivity index (χ0v) is 14.9. The van der Waals surface area contributed by atoms with E-state index in [1.165, 1.54) is 0 Å². The Morgan fingerprint density at radius 1 is 1.00 bits per heavy atom. The van der Waals surface area contributed by atoms with E-state index in [0.29, 0.717) is 29.9 Å². The summed E-state index contributed by atoms with van der Waals surface area (Å²) in [6.07, 6.45) is 0. The fourth-order valence-electron chi connectivity index (χ4n) is 2.35. The zero-order valence-electron chi connectivity index (χ0n) is 14.9. The summed E-state index contributed by atoms with van der Waals surface area (Å²) >= 11 is 0. The van der Waals surface area contributed by atoms with Crippen molar-refractivity contribution in [2.75, 3.05) is 32.5 Å². The van der Waals surface area contributed by atoms with Crippen molar-refractivity contribution in [2.24, 2.45) is 0 Å². The number of hydrogen-bond acceptors (Lipinski definition) is 4. The lowest BCUT2D eigenvalue weighted by atomic mass is 10.1. The standard InChI is InChI=1S/C20H21N5O/c1-24(2)10-11-25(15-17-8-6-16(13-21)7-9-17)20(26)23-19-5-3-4-18(12-19)14-22/h3-9,12H,10-11,15H2,1-2H3,(H,23,26). The molecule has 0 heterocycles. The third-order valence-corrected chi connectivity index (χ3v) is 3.80. The molecule has 6 nitrogen and oxygen atoms in total. The van der Waals surface area contributed by atoms with E-state index in [1.807, 2.05) is 31.1 Å². The molecule has 0 bridgehead atoms. The molecule has 0 spiro atoms. The van der Waals surface area contributed by atoms with E-state index < -0.39 is 0 Å². The van der Waals surface area contributed by atoms with Gasteiger partial charge in [0.05, 0.1) is 23.3 Å². The first-order chi connectivity index (χ1) is 12.5. The number of nitrogens with zero attached hydrogens (tertiary/aromatic N) is 4.